The number of aromatic nitrogens is 3. The fraction of sp³-hybridized carbons (Fsp3) is 0.300. The molecule has 8 nitrogen and oxygen atoms in total. The van der Waals surface area contributed by atoms with Crippen LogP contribution < -0.4 is 10.6 Å². The van der Waals surface area contributed by atoms with Crippen molar-refractivity contribution in [1.29, 1.82) is 0 Å². The summed E-state index contributed by atoms with van der Waals surface area (Å²) in [4.78, 5) is 31.1. The highest BCUT2D eigenvalue weighted by Crippen LogP contribution is 2.44. The smallest absolute Gasteiger partial charge is 0.251 e. The van der Waals surface area contributed by atoms with Crippen molar-refractivity contribution < 1.29 is 18.4 Å². The number of piperazine rings is 1. The average molecular weight is 488 g/mol. The Bertz CT molecular complexity index is 1410. The number of nitrogen functional groups attached to an aromatic ring is 1. The van der Waals surface area contributed by atoms with Gasteiger partial charge in [0.25, 0.3) is 5.91 Å². The fourth-order valence-electron chi connectivity index (χ4n) is 4.47. The van der Waals surface area contributed by atoms with Crippen molar-refractivity contribution in [2.75, 3.05) is 10.6 Å². The molecule has 170 valence electrons. The third-order valence-electron chi connectivity index (χ3n) is 6.09. The molecule has 1 saturated heterocycles. The summed E-state index contributed by atoms with van der Waals surface area (Å²) < 4.78 is 32.2. The van der Waals surface area contributed by atoms with Crippen LogP contribution in [0.15, 0.2) is 24.5 Å². The first-order chi connectivity index (χ1) is 16.1. The van der Waals surface area contributed by atoms with Crippen molar-refractivity contribution in [2.45, 2.75) is 37.0 Å². The van der Waals surface area contributed by atoms with Crippen LogP contribution in [0.25, 0.3) is 16.8 Å². The van der Waals surface area contributed by atoms with Crippen molar-refractivity contribution in [2.24, 2.45) is 0 Å². The zero-order chi connectivity index (χ0) is 26.2. The summed E-state index contributed by atoms with van der Waals surface area (Å²) in [6, 6.07) is 3.74. The molecule has 0 spiro atoms. The zero-order valence-electron chi connectivity index (χ0n) is 18.9. The van der Waals surface area contributed by atoms with E-state index in [4.69, 9.17) is 48.7 Å². The number of halogens is 3. The maximum absolute atomic E-state index is 16.1. The minimum Gasteiger partial charge on any atom is -0.382 e. The van der Waals surface area contributed by atoms with Crippen molar-refractivity contribution >= 4 is 71.8 Å². The third kappa shape index (κ3) is 3.22. The van der Waals surface area contributed by atoms with Crippen LogP contribution in [-0.2, 0) is 9.59 Å². The quantitative estimate of drug-likeness (QED) is 0.541. The molecule has 0 saturated carbocycles. The van der Waals surface area contributed by atoms with E-state index in [2.05, 4.69) is 10.1 Å². The lowest BCUT2D eigenvalue weighted by atomic mass is 9.35. The highest BCUT2D eigenvalue weighted by atomic mass is 35.5. The van der Waals surface area contributed by atoms with Gasteiger partial charge in [0.15, 0.2) is 17.5 Å². The van der Waals surface area contributed by atoms with E-state index >= 15 is 8.78 Å². The molecule has 1 aromatic carbocycles. The summed E-state index contributed by atoms with van der Waals surface area (Å²) in [6.45, 7) is 3.85. The van der Waals surface area contributed by atoms with E-state index in [-0.39, 0.29) is 22.6 Å². The van der Waals surface area contributed by atoms with Gasteiger partial charge in [-0.15, -0.1) is 0 Å². The van der Waals surface area contributed by atoms with Gasteiger partial charge < -0.3 is 15.5 Å². The second-order valence-corrected chi connectivity index (χ2v) is 9.10. The predicted molar refractivity (Wildman–Crippen MR) is 130 cm³/mol. The zero-order valence-corrected chi connectivity index (χ0v) is 19.6. The van der Waals surface area contributed by atoms with E-state index < -0.39 is 50.4 Å². The minimum atomic E-state index is -2.49. The largest absolute Gasteiger partial charge is 0.382 e. The average Bonchev–Trinajstić information content (AvgIpc) is 2.99. The van der Waals surface area contributed by atoms with Crippen LogP contribution >= 0.6 is 11.6 Å². The molecule has 0 bridgehead atoms. The van der Waals surface area contributed by atoms with Crippen LogP contribution in [0, 0.1) is 11.6 Å². The number of carbonyl (C=O) groups is 2. The van der Waals surface area contributed by atoms with Gasteiger partial charge in [-0.25, -0.2) is 18.3 Å². The summed E-state index contributed by atoms with van der Waals surface area (Å²) in [7, 11) is 24.8. The van der Waals surface area contributed by atoms with Crippen LogP contribution in [0.4, 0.5) is 20.3 Å². The standard InChI is InChI=1S/C20H15B4ClF2N6O2/c1-8(34)33-18(2,3)17(35)31(19(21,22)20(33,23)24)10-6-4-5-9(12(10)26)14-13(27)11(25)15-16(28)29-7-30-32(14)15/h4-7H,1-3H3,(H2,28,29,30). The summed E-state index contributed by atoms with van der Waals surface area (Å²) in [5, 5.41) is -1.33. The Balaban J connectivity index is 1.99. The molecule has 0 atom stereocenters. The molecule has 35 heavy (non-hydrogen) atoms. The van der Waals surface area contributed by atoms with Gasteiger partial charge in [0.1, 0.15) is 28.1 Å². The number of carbonyl (C=O) groups excluding carboxylic acids is 2. The lowest BCUT2D eigenvalue weighted by Crippen LogP contribution is -2.85. The summed E-state index contributed by atoms with van der Waals surface area (Å²) in [5.41, 5.74) is 2.82. The van der Waals surface area contributed by atoms with Gasteiger partial charge in [0.05, 0.1) is 37.1 Å². The first kappa shape index (κ1) is 25.1. The Labute approximate surface area is 209 Å². The van der Waals surface area contributed by atoms with E-state index in [0.717, 1.165) is 22.7 Å². The molecule has 4 rings (SSSR count). The van der Waals surface area contributed by atoms with E-state index in [1.54, 1.807) is 0 Å². The van der Waals surface area contributed by atoms with Gasteiger partial charge in [-0.2, -0.15) is 5.10 Å². The van der Waals surface area contributed by atoms with Crippen molar-refractivity contribution in [3.05, 3.63) is 41.2 Å². The topological polar surface area (TPSA) is 96.8 Å². The molecular weight excluding hydrogens is 473 g/mol. The number of nitrogens with two attached hydrogens (primary N) is 1. The van der Waals surface area contributed by atoms with Gasteiger partial charge in [0.2, 0.25) is 5.91 Å². The molecule has 2 amide bonds. The van der Waals surface area contributed by atoms with Gasteiger partial charge >= 0.3 is 0 Å². The first-order valence-corrected chi connectivity index (χ1v) is 10.5. The Morgan fingerprint density at radius 1 is 1.11 bits per heavy atom. The number of amides is 2. The number of rotatable bonds is 2. The number of anilines is 2. The minimum absolute atomic E-state index is 0.0753. The van der Waals surface area contributed by atoms with Crippen LogP contribution in [0.3, 0.4) is 0 Å². The number of nitrogens with zero attached hydrogens (tertiary/aromatic N) is 5. The summed E-state index contributed by atoms with van der Waals surface area (Å²) in [6.07, 6.45) is 1.04. The summed E-state index contributed by atoms with van der Waals surface area (Å²) >= 11 is 6.08. The molecule has 2 aromatic heterocycles. The Hall–Kier alpha value is -3.01. The third-order valence-corrected chi connectivity index (χ3v) is 6.44. The lowest BCUT2D eigenvalue weighted by Gasteiger charge is -2.65. The van der Waals surface area contributed by atoms with Crippen LogP contribution in [0.2, 0.25) is 5.02 Å². The SMILES string of the molecule is [B]C1([B])N(c2cccc(-c3c(F)c(Cl)c4c(N)ncnn34)c2F)C(=O)C(C)(C)N(C(C)=O)C1([B])[B]. The molecule has 1 aliphatic heterocycles. The molecule has 3 aromatic rings. The van der Waals surface area contributed by atoms with Crippen molar-refractivity contribution in [1.82, 2.24) is 19.5 Å². The van der Waals surface area contributed by atoms with Crippen molar-refractivity contribution in [3.8, 4) is 11.3 Å². The molecule has 8 radical (unpaired) electrons. The van der Waals surface area contributed by atoms with Gasteiger partial charge in [-0.05, 0) is 36.7 Å². The molecule has 1 fully saturated rings. The lowest BCUT2D eigenvalue weighted by molar-refractivity contribution is -0.150. The second kappa shape index (κ2) is 7.74. The number of fused-ring (bicyclic) bond motifs is 1. The fourth-order valence-corrected chi connectivity index (χ4v) is 4.74. The van der Waals surface area contributed by atoms with E-state index in [9.17, 15) is 9.59 Å². The van der Waals surface area contributed by atoms with E-state index in [1.807, 2.05) is 0 Å². The van der Waals surface area contributed by atoms with E-state index in [0.29, 0.717) is 4.90 Å². The molecule has 1 aliphatic rings. The summed E-state index contributed by atoms with van der Waals surface area (Å²) in [5.74, 6) is -3.85. The number of benzene rings is 1. The first-order valence-electron chi connectivity index (χ1n) is 10.1. The highest BCUT2D eigenvalue weighted by molar-refractivity contribution is 6.58. The normalized spacial score (nSPS) is 18.7. The second-order valence-electron chi connectivity index (χ2n) is 8.73. The van der Waals surface area contributed by atoms with Gasteiger partial charge in [0, 0.05) is 12.5 Å². The predicted octanol–water partition coefficient (Wildman–Crippen LogP) is 0.865. The Morgan fingerprint density at radius 2 is 1.74 bits per heavy atom. The highest BCUT2D eigenvalue weighted by Gasteiger charge is 2.59. The number of hydrogen-bond donors (Lipinski definition) is 1. The maximum atomic E-state index is 16.1. The molecular formula is C20H15B4ClF2N6O2. The Morgan fingerprint density at radius 3 is 2.34 bits per heavy atom. The molecule has 0 aliphatic carbocycles. The van der Waals surface area contributed by atoms with Crippen LogP contribution in [-0.4, -0.2) is 78.9 Å². The van der Waals surface area contributed by atoms with Crippen LogP contribution in [0.5, 0.6) is 0 Å². The van der Waals surface area contributed by atoms with Gasteiger partial charge in [-0.1, -0.05) is 17.7 Å². The Kier molecular flexibility index (Phi) is 5.55. The molecule has 2 N–H and O–H groups in total. The maximum Gasteiger partial charge on any atom is 0.251 e. The molecule has 3 heterocycles. The van der Waals surface area contributed by atoms with E-state index in [1.165, 1.54) is 32.0 Å². The monoisotopic (exact) mass is 488 g/mol. The van der Waals surface area contributed by atoms with Crippen molar-refractivity contribution in [3.63, 3.8) is 0 Å². The number of hydrogen-bond acceptors (Lipinski definition) is 5. The molecule has 15 heteroatoms. The van der Waals surface area contributed by atoms with Gasteiger partial charge in [-0.3, -0.25) is 9.59 Å². The molecule has 0 unspecified atom stereocenters. The van der Waals surface area contributed by atoms with Crippen LogP contribution in [0.1, 0.15) is 20.8 Å².